The van der Waals surface area contributed by atoms with Crippen molar-refractivity contribution in [2.75, 3.05) is 36.5 Å². The zero-order valence-electron chi connectivity index (χ0n) is 22.2. The lowest BCUT2D eigenvalue weighted by molar-refractivity contribution is 0.0273. The van der Waals surface area contributed by atoms with Crippen molar-refractivity contribution in [3.63, 3.8) is 0 Å². The quantitative estimate of drug-likeness (QED) is 0.383. The van der Waals surface area contributed by atoms with Gasteiger partial charge in [0, 0.05) is 24.8 Å². The van der Waals surface area contributed by atoms with Crippen LogP contribution in [0.3, 0.4) is 0 Å². The van der Waals surface area contributed by atoms with Crippen LogP contribution in [0.5, 0.6) is 0 Å². The number of hydrogen-bond acceptors (Lipinski definition) is 9. The van der Waals surface area contributed by atoms with Crippen molar-refractivity contribution < 1.29 is 19.1 Å². The van der Waals surface area contributed by atoms with Crippen molar-refractivity contribution in [3.05, 3.63) is 59.9 Å². The van der Waals surface area contributed by atoms with Gasteiger partial charge in [-0.05, 0) is 69.2 Å². The summed E-state index contributed by atoms with van der Waals surface area (Å²) in [6.45, 7) is 6.45. The number of hydrogen-bond donors (Lipinski definition) is 4. The molecule has 2 aromatic heterocycles. The fraction of sp³-hybridized carbons (Fsp3) is 0.308. The number of nitrogen functional groups attached to an aromatic ring is 1. The lowest BCUT2D eigenvalue weighted by atomic mass is 10.1. The SMILES string of the molecule is CNC(=O)c1ccc(Nc2nc(N)n(C(=O)Nc3ccc(C4=CCCN(C(=O)OC(C)(C)C)C4)nc3)n2)cc1. The van der Waals surface area contributed by atoms with E-state index in [2.05, 4.69) is 31.0 Å². The Bertz CT molecular complexity index is 1390. The highest BCUT2D eigenvalue weighted by molar-refractivity contribution is 5.94. The normalized spacial score (nSPS) is 13.3. The number of ether oxygens (including phenoxy) is 1. The summed E-state index contributed by atoms with van der Waals surface area (Å²) < 4.78 is 6.41. The van der Waals surface area contributed by atoms with Crippen LogP contribution in [-0.4, -0.2) is 68.4 Å². The third-order valence-electron chi connectivity index (χ3n) is 5.60. The van der Waals surface area contributed by atoms with Gasteiger partial charge in [-0.15, -0.1) is 9.78 Å². The first kappa shape index (κ1) is 27.1. The fourth-order valence-corrected chi connectivity index (χ4v) is 3.75. The third kappa shape index (κ3) is 6.89. The van der Waals surface area contributed by atoms with Crippen LogP contribution in [0.1, 0.15) is 43.2 Å². The van der Waals surface area contributed by atoms with Crippen LogP contribution in [0.25, 0.3) is 5.57 Å². The predicted molar refractivity (Wildman–Crippen MR) is 147 cm³/mol. The minimum absolute atomic E-state index is 0.114. The summed E-state index contributed by atoms with van der Waals surface area (Å²) in [5.41, 5.74) is 8.46. The van der Waals surface area contributed by atoms with Gasteiger partial charge < -0.3 is 31.3 Å². The molecular formula is C26H31N9O4. The lowest BCUT2D eigenvalue weighted by Crippen LogP contribution is -2.39. The molecule has 1 aliphatic heterocycles. The van der Waals surface area contributed by atoms with Gasteiger partial charge in [0.15, 0.2) is 0 Å². The van der Waals surface area contributed by atoms with Crippen LogP contribution in [0.4, 0.5) is 32.9 Å². The monoisotopic (exact) mass is 533 g/mol. The molecule has 0 atom stereocenters. The largest absolute Gasteiger partial charge is 0.444 e. The molecule has 0 radical (unpaired) electrons. The molecule has 1 aliphatic rings. The van der Waals surface area contributed by atoms with Gasteiger partial charge in [0.2, 0.25) is 11.9 Å². The highest BCUT2D eigenvalue weighted by atomic mass is 16.6. The number of rotatable bonds is 5. The third-order valence-corrected chi connectivity index (χ3v) is 5.60. The van der Waals surface area contributed by atoms with E-state index in [4.69, 9.17) is 10.5 Å². The molecule has 5 N–H and O–H groups in total. The smallest absolute Gasteiger partial charge is 0.410 e. The molecule has 3 aromatic rings. The number of nitrogens with zero attached hydrogens (tertiary/aromatic N) is 5. The Morgan fingerprint density at radius 1 is 1.05 bits per heavy atom. The number of amides is 3. The van der Waals surface area contributed by atoms with Crippen molar-refractivity contribution in [1.29, 1.82) is 0 Å². The highest BCUT2D eigenvalue weighted by Gasteiger charge is 2.25. The average Bonchev–Trinajstić information content (AvgIpc) is 3.28. The standard InChI is InChI=1S/C26H31N9O4/c1-26(2,3)39-25(38)34-13-5-6-17(15-34)20-12-11-19(14-29-20)31-24(37)35-22(27)32-23(33-35)30-18-9-7-16(8-10-18)21(36)28-4/h6-12,14H,5,13,15H2,1-4H3,(H,28,36)(H,31,37)(H3,27,30,32,33). The Balaban J connectivity index is 1.37. The Kier molecular flexibility index (Phi) is 7.79. The molecule has 13 heteroatoms. The zero-order valence-corrected chi connectivity index (χ0v) is 22.2. The van der Waals surface area contributed by atoms with E-state index < -0.39 is 11.6 Å². The van der Waals surface area contributed by atoms with Crippen LogP contribution in [0.15, 0.2) is 48.7 Å². The Labute approximate surface area is 225 Å². The average molecular weight is 534 g/mol. The molecular weight excluding hydrogens is 502 g/mol. The van der Waals surface area contributed by atoms with Crippen molar-refractivity contribution >= 4 is 46.9 Å². The maximum Gasteiger partial charge on any atom is 0.410 e. The molecule has 0 aliphatic carbocycles. The van der Waals surface area contributed by atoms with Crippen molar-refractivity contribution in [2.24, 2.45) is 0 Å². The summed E-state index contributed by atoms with van der Waals surface area (Å²) in [7, 11) is 1.55. The van der Waals surface area contributed by atoms with E-state index in [-0.39, 0.29) is 23.9 Å². The second-order valence-electron chi connectivity index (χ2n) is 9.77. The summed E-state index contributed by atoms with van der Waals surface area (Å²) in [5.74, 6) is -0.204. The van der Waals surface area contributed by atoms with E-state index in [0.717, 1.165) is 10.3 Å². The second kappa shape index (κ2) is 11.2. The van der Waals surface area contributed by atoms with E-state index >= 15 is 0 Å². The van der Waals surface area contributed by atoms with Gasteiger partial charge in [0.1, 0.15) is 5.60 Å². The summed E-state index contributed by atoms with van der Waals surface area (Å²) in [6.07, 6.45) is 3.88. The van der Waals surface area contributed by atoms with E-state index in [0.29, 0.717) is 42.1 Å². The van der Waals surface area contributed by atoms with Crippen molar-refractivity contribution in [3.8, 4) is 0 Å². The van der Waals surface area contributed by atoms with Crippen LogP contribution in [0.2, 0.25) is 0 Å². The van der Waals surface area contributed by atoms with Gasteiger partial charge in [-0.2, -0.15) is 4.98 Å². The first-order valence-corrected chi connectivity index (χ1v) is 12.3. The molecule has 3 heterocycles. The van der Waals surface area contributed by atoms with Crippen molar-refractivity contribution in [2.45, 2.75) is 32.8 Å². The van der Waals surface area contributed by atoms with Crippen molar-refractivity contribution in [1.82, 2.24) is 30.0 Å². The minimum Gasteiger partial charge on any atom is -0.444 e. The predicted octanol–water partition coefficient (Wildman–Crippen LogP) is 3.46. The number of nitrogens with one attached hydrogen (secondary N) is 3. The number of aromatic nitrogens is 4. The Morgan fingerprint density at radius 2 is 1.77 bits per heavy atom. The number of carbonyl (C=O) groups excluding carboxylic acids is 3. The molecule has 0 saturated heterocycles. The molecule has 1 aromatic carbocycles. The fourth-order valence-electron chi connectivity index (χ4n) is 3.75. The van der Waals surface area contributed by atoms with Gasteiger partial charge in [-0.1, -0.05) is 6.08 Å². The molecule has 0 fully saturated rings. The molecule has 3 amide bonds. The van der Waals surface area contributed by atoms with Gasteiger partial charge in [0.05, 0.1) is 24.1 Å². The van der Waals surface area contributed by atoms with E-state index in [1.807, 2.05) is 26.8 Å². The minimum atomic E-state index is -0.620. The molecule has 0 unspecified atom stereocenters. The maximum atomic E-state index is 12.8. The maximum absolute atomic E-state index is 12.8. The topological polar surface area (TPSA) is 169 Å². The Morgan fingerprint density at radius 3 is 2.41 bits per heavy atom. The Hall–Kier alpha value is -4.94. The highest BCUT2D eigenvalue weighted by Crippen LogP contribution is 2.22. The van der Waals surface area contributed by atoms with E-state index in [1.165, 1.54) is 6.20 Å². The molecule has 0 spiro atoms. The summed E-state index contributed by atoms with van der Waals surface area (Å²) >= 11 is 0. The first-order chi connectivity index (χ1) is 18.5. The number of anilines is 4. The molecule has 4 rings (SSSR count). The summed E-state index contributed by atoms with van der Waals surface area (Å²) in [4.78, 5) is 47.1. The number of carbonyl (C=O) groups is 3. The number of pyridine rings is 1. The number of benzene rings is 1. The lowest BCUT2D eigenvalue weighted by Gasteiger charge is -2.30. The molecule has 0 bridgehead atoms. The summed E-state index contributed by atoms with van der Waals surface area (Å²) in [6, 6.07) is 9.50. The molecule has 39 heavy (non-hydrogen) atoms. The molecule has 13 nitrogen and oxygen atoms in total. The van der Waals surface area contributed by atoms with E-state index in [1.54, 1.807) is 48.3 Å². The zero-order chi connectivity index (χ0) is 28.2. The van der Waals surface area contributed by atoms with Gasteiger partial charge in [-0.25, -0.2) is 9.59 Å². The summed E-state index contributed by atoms with van der Waals surface area (Å²) in [5, 5.41) is 12.3. The number of nitrogens with two attached hydrogens (primary N) is 1. The van der Waals surface area contributed by atoms with Crippen LogP contribution in [-0.2, 0) is 4.74 Å². The van der Waals surface area contributed by atoms with Gasteiger partial charge in [-0.3, -0.25) is 9.78 Å². The molecule has 0 saturated carbocycles. The van der Waals surface area contributed by atoms with Gasteiger partial charge >= 0.3 is 12.1 Å². The van der Waals surface area contributed by atoms with Crippen LogP contribution < -0.4 is 21.7 Å². The van der Waals surface area contributed by atoms with Crippen LogP contribution >= 0.6 is 0 Å². The van der Waals surface area contributed by atoms with E-state index in [9.17, 15) is 14.4 Å². The molecule has 204 valence electrons. The van der Waals surface area contributed by atoms with Crippen LogP contribution in [0, 0.1) is 0 Å². The second-order valence-corrected chi connectivity index (χ2v) is 9.77. The first-order valence-electron chi connectivity index (χ1n) is 12.3. The van der Waals surface area contributed by atoms with Gasteiger partial charge in [0.25, 0.3) is 5.91 Å².